The number of allylic oxidation sites excluding steroid dienone is 3. The van der Waals surface area contributed by atoms with Gasteiger partial charge in [0, 0.05) is 19.4 Å². The van der Waals surface area contributed by atoms with Crippen molar-refractivity contribution in [3.63, 3.8) is 0 Å². The molecule has 0 aromatic rings. The maximum Gasteiger partial charge on any atom is 0.308 e. The van der Waals surface area contributed by atoms with Crippen LogP contribution in [0.3, 0.4) is 0 Å². The highest BCUT2D eigenvalue weighted by Crippen LogP contribution is 2.07. The van der Waals surface area contributed by atoms with E-state index in [-0.39, 0.29) is 5.78 Å². The quantitative estimate of drug-likeness (QED) is 0.525. The number of ether oxygens (including phenoxy) is 1. The topological polar surface area (TPSA) is 43.4 Å². The fourth-order valence-corrected chi connectivity index (χ4v) is 0.786. The van der Waals surface area contributed by atoms with Crippen molar-refractivity contribution in [2.75, 3.05) is 0 Å². The van der Waals surface area contributed by atoms with Gasteiger partial charge in [0.15, 0.2) is 5.78 Å². The monoisotopic (exact) mass is 152 g/mol. The molecular weight excluding hydrogens is 144 g/mol. The number of hydrogen-bond acceptors (Lipinski definition) is 3. The highest BCUT2D eigenvalue weighted by Gasteiger charge is 2.06. The molecule has 0 saturated heterocycles. The summed E-state index contributed by atoms with van der Waals surface area (Å²) in [7, 11) is 0. The molecule has 0 fully saturated rings. The lowest BCUT2D eigenvalue weighted by Gasteiger charge is -2.04. The lowest BCUT2D eigenvalue weighted by atomic mass is 10.1. The third-order valence-corrected chi connectivity index (χ3v) is 1.17. The van der Waals surface area contributed by atoms with E-state index >= 15 is 0 Å². The van der Waals surface area contributed by atoms with Gasteiger partial charge in [0.25, 0.3) is 0 Å². The Kier molecular flexibility index (Phi) is 2.21. The van der Waals surface area contributed by atoms with Gasteiger partial charge in [-0.25, -0.2) is 0 Å². The van der Waals surface area contributed by atoms with Gasteiger partial charge in [-0.05, 0) is 6.08 Å². The Bertz CT molecular complexity index is 248. The van der Waals surface area contributed by atoms with Gasteiger partial charge in [0.05, 0.1) is 0 Å². The van der Waals surface area contributed by atoms with E-state index < -0.39 is 5.97 Å². The number of hydrogen-bond donors (Lipinski definition) is 0. The predicted molar refractivity (Wildman–Crippen MR) is 38.6 cm³/mol. The molecule has 1 aliphatic rings. The number of rotatable bonds is 1. The molecule has 0 atom stereocenters. The van der Waals surface area contributed by atoms with E-state index in [4.69, 9.17) is 0 Å². The highest BCUT2D eigenvalue weighted by atomic mass is 16.5. The number of carbonyl (C=O) groups excluding carboxylic acids is 2. The van der Waals surface area contributed by atoms with Crippen LogP contribution < -0.4 is 0 Å². The van der Waals surface area contributed by atoms with Crippen molar-refractivity contribution in [2.24, 2.45) is 0 Å². The molecule has 0 aliphatic heterocycles. The maximum absolute atomic E-state index is 10.7. The molecule has 3 heteroatoms. The van der Waals surface area contributed by atoms with E-state index in [9.17, 15) is 9.59 Å². The van der Waals surface area contributed by atoms with Crippen molar-refractivity contribution >= 4 is 11.8 Å². The van der Waals surface area contributed by atoms with E-state index in [0.717, 1.165) is 0 Å². The summed E-state index contributed by atoms with van der Waals surface area (Å²) in [5.74, 6) is -0.117. The van der Waals surface area contributed by atoms with Crippen LogP contribution in [-0.4, -0.2) is 11.8 Å². The normalized spacial score (nSPS) is 16.1. The lowest BCUT2D eigenvalue weighted by molar-refractivity contribution is -0.136. The molecule has 0 bridgehead atoms. The first-order chi connectivity index (χ1) is 5.18. The molecule has 0 aromatic carbocycles. The minimum atomic E-state index is -0.407. The molecule has 0 N–H and O–H groups in total. The first-order valence-electron chi connectivity index (χ1n) is 3.28. The Morgan fingerprint density at radius 3 is 2.91 bits per heavy atom. The van der Waals surface area contributed by atoms with Crippen LogP contribution in [-0.2, 0) is 14.3 Å². The van der Waals surface area contributed by atoms with E-state index in [2.05, 4.69) is 4.74 Å². The van der Waals surface area contributed by atoms with Crippen LogP contribution in [0, 0.1) is 0 Å². The van der Waals surface area contributed by atoms with Crippen LogP contribution in [0.4, 0.5) is 0 Å². The summed E-state index contributed by atoms with van der Waals surface area (Å²) in [5.41, 5.74) is 0. The molecule has 0 spiro atoms. The fraction of sp³-hybridized carbons (Fsp3) is 0.250. The van der Waals surface area contributed by atoms with E-state index in [1.807, 2.05) is 0 Å². The van der Waals surface area contributed by atoms with Crippen molar-refractivity contribution in [1.82, 2.24) is 0 Å². The smallest absolute Gasteiger partial charge is 0.308 e. The van der Waals surface area contributed by atoms with Gasteiger partial charge in [0.2, 0.25) is 0 Å². The lowest BCUT2D eigenvalue weighted by Crippen LogP contribution is -2.03. The van der Waals surface area contributed by atoms with Crippen molar-refractivity contribution < 1.29 is 14.3 Å². The Morgan fingerprint density at radius 2 is 2.36 bits per heavy atom. The molecule has 0 radical (unpaired) electrons. The third-order valence-electron chi connectivity index (χ3n) is 1.17. The Labute approximate surface area is 64.3 Å². The van der Waals surface area contributed by atoms with Crippen LogP contribution >= 0.6 is 0 Å². The van der Waals surface area contributed by atoms with Gasteiger partial charge in [0.1, 0.15) is 5.76 Å². The molecule has 0 heterocycles. The van der Waals surface area contributed by atoms with Gasteiger partial charge in [-0.3, -0.25) is 9.59 Å². The zero-order chi connectivity index (χ0) is 8.27. The summed E-state index contributed by atoms with van der Waals surface area (Å²) in [6.45, 7) is 1.30. The van der Waals surface area contributed by atoms with Gasteiger partial charge >= 0.3 is 5.97 Å². The second kappa shape index (κ2) is 3.14. The Balaban J connectivity index is 2.64. The average molecular weight is 152 g/mol. The van der Waals surface area contributed by atoms with Gasteiger partial charge in [-0.15, -0.1) is 0 Å². The zero-order valence-electron chi connectivity index (χ0n) is 6.16. The Hall–Kier alpha value is -1.38. The molecule has 0 unspecified atom stereocenters. The van der Waals surface area contributed by atoms with Crippen molar-refractivity contribution in [1.29, 1.82) is 0 Å². The summed E-state index contributed by atoms with van der Waals surface area (Å²) in [4.78, 5) is 21.1. The summed E-state index contributed by atoms with van der Waals surface area (Å²) in [6.07, 6.45) is 5.00. The zero-order valence-corrected chi connectivity index (χ0v) is 6.16. The molecule has 0 aromatic heterocycles. The second-order valence-electron chi connectivity index (χ2n) is 2.21. The van der Waals surface area contributed by atoms with E-state index in [1.54, 1.807) is 12.2 Å². The van der Waals surface area contributed by atoms with Gasteiger partial charge in [-0.2, -0.15) is 0 Å². The predicted octanol–water partition coefficient (Wildman–Crippen LogP) is 0.962. The van der Waals surface area contributed by atoms with E-state index in [0.29, 0.717) is 12.2 Å². The van der Waals surface area contributed by atoms with Crippen LogP contribution in [0.1, 0.15) is 13.3 Å². The van der Waals surface area contributed by atoms with Crippen LogP contribution in [0.25, 0.3) is 0 Å². The molecule has 1 rings (SSSR count). The molecular formula is C8H8O3. The SMILES string of the molecule is CC(=O)OC1=CC(=O)CC=C1. The molecule has 58 valence electrons. The van der Waals surface area contributed by atoms with Crippen molar-refractivity contribution in [3.05, 3.63) is 24.0 Å². The molecule has 0 saturated carbocycles. The maximum atomic E-state index is 10.7. The summed E-state index contributed by atoms with van der Waals surface area (Å²) < 4.78 is 4.68. The van der Waals surface area contributed by atoms with E-state index in [1.165, 1.54) is 13.0 Å². The Morgan fingerprint density at radius 1 is 1.64 bits per heavy atom. The highest BCUT2D eigenvalue weighted by molar-refractivity contribution is 5.93. The first kappa shape index (κ1) is 7.72. The van der Waals surface area contributed by atoms with Crippen LogP contribution in [0.2, 0.25) is 0 Å². The van der Waals surface area contributed by atoms with Gasteiger partial charge < -0.3 is 4.74 Å². The summed E-state index contributed by atoms with van der Waals surface area (Å²) in [6, 6.07) is 0. The van der Waals surface area contributed by atoms with Crippen molar-refractivity contribution in [3.8, 4) is 0 Å². The minimum absolute atomic E-state index is 0.0382. The number of carbonyl (C=O) groups is 2. The number of esters is 1. The largest absolute Gasteiger partial charge is 0.427 e. The van der Waals surface area contributed by atoms with Crippen LogP contribution in [0.5, 0.6) is 0 Å². The first-order valence-corrected chi connectivity index (χ1v) is 3.28. The fourth-order valence-electron chi connectivity index (χ4n) is 0.786. The standard InChI is InChI=1S/C8H8O3/c1-6(9)11-8-4-2-3-7(10)5-8/h2,4-5H,3H2,1H3. The van der Waals surface area contributed by atoms with Crippen LogP contribution in [0.15, 0.2) is 24.0 Å². The molecule has 3 nitrogen and oxygen atoms in total. The third kappa shape index (κ3) is 2.37. The minimum Gasteiger partial charge on any atom is -0.427 e. The summed E-state index contributed by atoms with van der Waals surface area (Å²) in [5, 5.41) is 0. The van der Waals surface area contributed by atoms with Crippen molar-refractivity contribution in [2.45, 2.75) is 13.3 Å². The number of ketones is 1. The molecule has 0 amide bonds. The van der Waals surface area contributed by atoms with Gasteiger partial charge in [-0.1, -0.05) is 6.08 Å². The second-order valence-corrected chi connectivity index (χ2v) is 2.21. The molecule has 11 heavy (non-hydrogen) atoms. The average Bonchev–Trinajstić information content (AvgIpc) is 1.85. The summed E-state index contributed by atoms with van der Waals surface area (Å²) >= 11 is 0. The molecule has 1 aliphatic carbocycles.